The first-order valence-corrected chi connectivity index (χ1v) is 6.32. The second-order valence-corrected chi connectivity index (χ2v) is 4.89. The van der Waals surface area contributed by atoms with Gasteiger partial charge in [0, 0.05) is 11.6 Å². The van der Waals surface area contributed by atoms with Crippen molar-refractivity contribution in [1.29, 1.82) is 0 Å². The Balaban J connectivity index is 1.98. The largest absolute Gasteiger partial charge is 0.493 e. The first-order valence-electron chi connectivity index (χ1n) is 6.32. The molecule has 86 valence electrons. The molecule has 1 fully saturated rings. The molecule has 1 aromatic rings. The summed E-state index contributed by atoms with van der Waals surface area (Å²) in [6, 6.07) is 7.10. The Morgan fingerprint density at radius 2 is 2.25 bits per heavy atom. The smallest absolute Gasteiger partial charge is 0.127 e. The maximum absolute atomic E-state index is 5.88. The molecule has 1 aliphatic heterocycles. The summed E-state index contributed by atoms with van der Waals surface area (Å²) in [4.78, 5) is 0. The van der Waals surface area contributed by atoms with Gasteiger partial charge in [-0.2, -0.15) is 0 Å². The summed E-state index contributed by atoms with van der Waals surface area (Å²) < 4.78 is 5.88. The molecule has 1 N–H and O–H groups in total. The maximum atomic E-state index is 5.88. The third-order valence-corrected chi connectivity index (χ3v) is 3.70. The summed E-state index contributed by atoms with van der Waals surface area (Å²) in [5.41, 5.74) is 2.77. The number of hydrogen-bond acceptors (Lipinski definition) is 2. The zero-order chi connectivity index (χ0) is 11.0. The van der Waals surface area contributed by atoms with Crippen LogP contribution in [0.5, 0.6) is 5.75 Å². The van der Waals surface area contributed by atoms with Crippen molar-refractivity contribution in [1.82, 2.24) is 5.32 Å². The molecule has 1 unspecified atom stereocenters. The molecule has 0 saturated heterocycles. The molecular formula is C14H19NO. The van der Waals surface area contributed by atoms with Gasteiger partial charge in [0.15, 0.2) is 0 Å². The molecule has 1 atom stereocenters. The molecule has 3 rings (SSSR count). The van der Waals surface area contributed by atoms with Crippen LogP contribution in [-0.2, 0) is 6.42 Å². The van der Waals surface area contributed by atoms with Crippen molar-refractivity contribution in [2.75, 3.05) is 13.7 Å². The number of nitrogens with one attached hydrogen (secondary N) is 1. The van der Waals surface area contributed by atoms with Crippen LogP contribution >= 0.6 is 0 Å². The number of hydrogen-bond donors (Lipinski definition) is 1. The molecule has 2 nitrogen and oxygen atoms in total. The van der Waals surface area contributed by atoms with E-state index in [9.17, 15) is 0 Å². The summed E-state index contributed by atoms with van der Waals surface area (Å²) in [5.74, 6) is 1.99. The summed E-state index contributed by atoms with van der Waals surface area (Å²) in [5, 5.41) is 3.45. The lowest BCUT2D eigenvalue weighted by atomic mass is 9.95. The second kappa shape index (κ2) is 4.10. The van der Waals surface area contributed by atoms with Gasteiger partial charge in [-0.3, -0.25) is 0 Å². The third-order valence-electron chi connectivity index (χ3n) is 3.70. The van der Waals surface area contributed by atoms with E-state index in [0.717, 1.165) is 18.9 Å². The van der Waals surface area contributed by atoms with E-state index < -0.39 is 0 Å². The van der Waals surface area contributed by atoms with Crippen LogP contribution in [0.2, 0.25) is 0 Å². The summed E-state index contributed by atoms with van der Waals surface area (Å²) in [7, 11) is 2.06. The van der Waals surface area contributed by atoms with Crippen LogP contribution in [0.4, 0.5) is 0 Å². The lowest BCUT2D eigenvalue weighted by Gasteiger charge is -2.25. The minimum atomic E-state index is 0.494. The van der Waals surface area contributed by atoms with E-state index in [1.165, 1.54) is 36.1 Å². The highest BCUT2D eigenvalue weighted by Gasteiger charge is 2.33. The van der Waals surface area contributed by atoms with E-state index in [2.05, 4.69) is 30.6 Å². The SMILES string of the molecule is CNC(c1cccc2c1OCCC2)C1CC1. The Morgan fingerprint density at radius 1 is 1.38 bits per heavy atom. The lowest BCUT2D eigenvalue weighted by molar-refractivity contribution is 0.280. The van der Waals surface area contributed by atoms with Gasteiger partial charge < -0.3 is 10.1 Å². The van der Waals surface area contributed by atoms with Crippen LogP contribution in [-0.4, -0.2) is 13.7 Å². The number of rotatable bonds is 3. The first-order chi connectivity index (χ1) is 7.90. The minimum Gasteiger partial charge on any atom is -0.493 e. The fraction of sp³-hybridized carbons (Fsp3) is 0.571. The average molecular weight is 217 g/mol. The number of benzene rings is 1. The minimum absolute atomic E-state index is 0.494. The van der Waals surface area contributed by atoms with Crippen LogP contribution in [0.15, 0.2) is 18.2 Å². The molecule has 1 aliphatic carbocycles. The number of ether oxygens (including phenoxy) is 1. The molecule has 1 heterocycles. The normalized spacial score (nSPS) is 21.1. The predicted molar refractivity (Wildman–Crippen MR) is 64.8 cm³/mol. The van der Waals surface area contributed by atoms with Crippen LogP contribution in [0.1, 0.15) is 36.4 Å². The molecule has 1 saturated carbocycles. The molecule has 0 radical (unpaired) electrons. The topological polar surface area (TPSA) is 21.3 Å². The van der Waals surface area contributed by atoms with Gasteiger partial charge in [-0.25, -0.2) is 0 Å². The van der Waals surface area contributed by atoms with Crippen molar-refractivity contribution in [2.24, 2.45) is 5.92 Å². The zero-order valence-electron chi connectivity index (χ0n) is 9.83. The van der Waals surface area contributed by atoms with E-state index in [-0.39, 0.29) is 0 Å². The average Bonchev–Trinajstić information content (AvgIpc) is 3.15. The molecule has 0 spiro atoms. The van der Waals surface area contributed by atoms with E-state index in [1.54, 1.807) is 0 Å². The third kappa shape index (κ3) is 1.71. The molecule has 0 bridgehead atoms. The molecule has 0 aromatic heterocycles. The monoisotopic (exact) mass is 217 g/mol. The maximum Gasteiger partial charge on any atom is 0.127 e. The van der Waals surface area contributed by atoms with Crippen molar-refractivity contribution in [3.05, 3.63) is 29.3 Å². The van der Waals surface area contributed by atoms with Gasteiger partial charge in [-0.1, -0.05) is 18.2 Å². The van der Waals surface area contributed by atoms with Gasteiger partial charge in [0.25, 0.3) is 0 Å². The molecule has 2 aliphatic rings. The Bertz CT molecular complexity index is 384. The van der Waals surface area contributed by atoms with Crippen LogP contribution in [0.3, 0.4) is 0 Å². The highest BCUT2D eigenvalue weighted by Crippen LogP contribution is 2.44. The van der Waals surface area contributed by atoms with Gasteiger partial charge in [-0.05, 0) is 44.2 Å². The fourth-order valence-corrected chi connectivity index (χ4v) is 2.73. The molecule has 1 aromatic carbocycles. The van der Waals surface area contributed by atoms with E-state index in [0.29, 0.717) is 6.04 Å². The Hall–Kier alpha value is -1.02. The number of aryl methyl sites for hydroxylation is 1. The zero-order valence-corrected chi connectivity index (χ0v) is 9.83. The van der Waals surface area contributed by atoms with Crippen molar-refractivity contribution in [2.45, 2.75) is 31.7 Å². The van der Waals surface area contributed by atoms with Crippen LogP contribution in [0.25, 0.3) is 0 Å². The fourth-order valence-electron chi connectivity index (χ4n) is 2.73. The second-order valence-electron chi connectivity index (χ2n) is 4.89. The standard InChI is InChI=1S/C14H19NO/c1-15-13(10-7-8-10)12-6-2-4-11-5-3-9-16-14(11)12/h2,4,6,10,13,15H,3,5,7-9H2,1H3. The quantitative estimate of drug-likeness (QED) is 0.840. The molecule has 2 heteroatoms. The van der Waals surface area contributed by atoms with Crippen molar-refractivity contribution in [3.63, 3.8) is 0 Å². The number of fused-ring (bicyclic) bond motifs is 1. The van der Waals surface area contributed by atoms with Gasteiger partial charge in [0.1, 0.15) is 5.75 Å². The van der Waals surface area contributed by atoms with E-state index >= 15 is 0 Å². The summed E-state index contributed by atoms with van der Waals surface area (Å²) >= 11 is 0. The summed E-state index contributed by atoms with van der Waals surface area (Å²) in [6.45, 7) is 0.880. The van der Waals surface area contributed by atoms with Gasteiger partial charge in [-0.15, -0.1) is 0 Å². The first kappa shape index (κ1) is 10.2. The Kier molecular flexibility index (Phi) is 2.60. The van der Waals surface area contributed by atoms with Crippen molar-refractivity contribution in [3.8, 4) is 5.75 Å². The highest BCUT2D eigenvalue weighted by molar-refractivity contribution is 5.45. The van der Waals surface area contributed by atoms with Gasteiger partial charge in [0.05, 0.1) is 6.61 Å². The van der Waals surface area contributed by atoms with E-state index in [1.807, 2.05) is 0 Å². The van der Waals surface area contributed by atoms with Crippen LogP contribution in [0, 0.1) is 5.92 Å². The Labute approximate surface area is 97.0 Å². The molecular weight excluding hydrogens is 198 g/mol. The lowest BCUT2D eigenvalue weighted by Crippen LogP contribution is -2.21. The molecule has 0 amide bonds. The Morgan fingerprint density at radius 3 is 3.00 bits per heavy atom. The van der Waals surface area contributed by atoms with Crippen molar-refractivity contribution >= 4 is 0 Å². The van der Waals surface area contributed by atoms with Crippen LogP contribution < -0.4 is 10.1 Å². The van der Waals surface area contributed by atoms with E-state index in [4.69, 9.17) is 4.74 Å². The number of para-hydroxylation sites is 1. The van der Waals surface area contributed by atoms with Gasteiger partial charge in [0.2, 0.25) is 0 Å². The predicted octanol–water partition coefficient (Wildman–Crippen LogP) is 2.68. The van der Waals surface area contributed by atoms with Crippen molar-refractivity contribution < 1.29 is 4.74 Å². The summed E-state index contributed by atoms with van der Waals surface area (Å²) in [6.07, 6.45) is 5.04. The molecule has 16 heavy (non-hydrogen) atoms. The highest BCUT2D eigenvalue weighted by atomic mass is 16.5. The van der Waals surface area contributed by atoms with Gasteiger partial charge >= 0.3 is 0 Å².